The summed E-state index contributed by atoms with van der Waals surface area (Å²) < 4.78 is 7.32. The van der Waals surface area contributed by atoms with Gasteiger partial charge in [0.05, 0.1) is 12.7 Å². The number of ether oxygens (including phenoxy) is 1. The van der Waals surface area contributed by atoms with E-state index in [1.54, 1.807) is 17.0 Å². The van der Waals surface area contributed by atoms with Crippen LogP contribution in [0.3, 0.4) is 0 Å². The van der Waals surface area contributed by atoms with Crippen LogP contribution in [0.1, 0.15) is 19.8 Å². The van der Waals surface area contributed by atoms with Crippen LogP contribution in [0.4, 0.5) is 5.82 Å². The molecule has 1 saturated heterocycles. The first kappa shape index (κ1) is 14.0. The van der Waals surface area contributed by atoms with Gasteiger partial charge in [-0.2, -0.15) is 0 Å². The van der Waals surface area contributed by atoms with Crippen molar-refractivity contribution in [2.24, 2.45) is 5.73 Å². The number of aryl methyl sites for hydroxylation is 1. The third kappa shape index (κ3) is 3.33. The molecular formula is C13H22N4O2. The monoisotopic (exact) mass is 266 g/mol. The molecule has 106 valence electrons. The molecule has 0 aliphatic carbocycles. The third-order valence-corrected chi connectivity index (χ3v) is 3.45. The zero-order valence-electron chi connectivity index (χ0n) is 11.4. The Bertz CT molecular complexity index is 452. The summed E-state index contributed by atoms with van der Waals surface area (Å²) in [6, 6.07) is 0. The smallest absolute Gasteiger partial charge is 0.293 e. The summed E-state index contributed by atoms with van der Waals surface area (Å²) in [6.07, 6.45) is 5.52. The molecule has 0 amide bonds. The van der Waals surface area contributed by atoms with Gasteiger partial charge in [0.2, 0.25) is 0 Å². The van der Waals surface area contributed by atoms with Gasteiger partial charge < -0.3 is 19.9 Å². The molecule has 1 aliphatic heterocycles. The molecule has 1 fully saturated rings. The Hall–Kier alpha value is -1.40. The van der Waals surface area contributed by atoms with Crippen LogP contribution in [-0.2, 0) is 11.3 Å². The number of nitrogens with two attached hydrogens (primary N) is 1. The van der Waals surface area contributed by atoms with Crippen molar-refractivity contribution in [3.8, 4) is 0 Å². The van der Waals surface area contributed by atoms with E-state index < -0.39 is 0 Å². The molecule has 0 bridgehead atoms. The average Bonchev–Trinajstić information content (AvgIpc) is 2.46. The number of aromatic nitrogens is 2. The first-order chi connectivity index (χ1) is 9.26. The second-order valence-corrected chi connectivity index (χ2v) is 4.69. The van der Waals surface area contributed by atoms with Crippen molar-refractivity contribution in [2.75, 3.05) is 31.1 Å². The summed E-state index contributed by atoms with van der Waals surface area (Å²) >= 11 is 0. The lowest BCUT2D eigenvalue weighted by atomic mass is 10.1. The zero-order valence-corrected chi connectivity index (χ0v) is 11.4. The predicted octanol–water partition coefficient (Wildman–Crippen LogP) is 0.207. The summed E-state index contributed by atoms with van der Waals surface area (Å²) in [5.74, 6) is 0.557. The number of nitrogens with zero attached hydrogens (tertiary/aromatic N) is 3. The lowest BCUT2D eigenvalue weighted by Crippen LogP contribution is -2.41. The maximum atomic E-state index is 12.2. The van der Waals surface area contributed by atoms with E-state index in [9.17, 15) is 4.79 Å². The summed E-state index contributed by atoms with van der Waals surface area (Å²) in [6.45, 7) is 5.41. The van der Waals surface area contributed by atoms with Crippen LogP contribution in [0.25, 0.3) is 0 Å². The lowest BCUT2D eigenvalue weighted by Gasteiger charge is -2.32. The fourth-order valence-electron chi connectivity index (χ4n) is 2.37. The van der Waals surface area contributed by atoms with Crippen molar-refractivity contribution in [1.29, 1.82) is 0 Å². The van der Waals surface area contributed by atoms with E-state index in [-0.39, 0.29) is 11.7 Å². The highest BCUT2D eigenvalue weighted by atomic mass is 16.5. The van der Waals surface area contributed by atoms with E-state index in [0.717, 1.165) is 25.9 Å². The van der Waals surface area contributed by atoms with Gasteiger partial charge in [-0.3, -0.25) is 4.79 Å². The third-order valence-electron chi connectivity index (χ3n) is 3.45. The highest BCUT2D eigenvalue weighted by Crippen LogP contribution is 2.16. The highest BCUT2D eigenvalue weighted by molar-refractivity contribution is 5.36. The molecule has 0 atom stereocenters. The molecule has 19 heavy (non-hydrogen) atoms. The maximum Gasteiger partial charge on any atom is 0.293 e. The standard InChI is InChI=1S/C13H22N4O2/c1-2-16-9-6-15-12(13(16)18)17-7-3-11(4-8-17)19-10-5-14/h6,9,11H,2-5,7-8,10,14H2,1H3. The minimum absolute atomic E-state index is 0.00803. The highest BCUT2D eigenvalue weighted by Gasteiger charge is 2.22. The second kappa shape index (κ2) is 6.68. The molecule has 0 unspecified atom stereocenters. The quantitative estimate of drug-likeness (QED) is 0.824. The minimum Gasteiger partial charge on any atom is -0.377 e. The normalized spacial score (nSPS) is 16.8. The number of rotatable bonds is 5. The van der Waals surface area contributed by atoms with Crippen molar-refractivity contribution in [3.05, 3.63) is 22.7 Å². The molecule has 2 rings (SSSR count). The summed E-state index contributed by atoms with van der Waals surface area (Å²) in [4.78, 5) is 18.4. The topological polar surface area (TPSA) is 73.4 Å². The Morgan fingerprint density at radius 1 is 1.47 bits per heavy atom. The molecule has 2 heterocycles. The fraction of sp³-hybridized carbons (Fsp3) is 0.692. The Morgan fingerprint density at radius 2 is 2.21 bits per heavy atom. The Balaban J connectivity index is 2.00. The van der Waals surface area contributed by atoms with Gasteiger partial charge in [-0.05, 0) is 19.8 Å². The van der Waals surface area contributed by atoms with Crippen LogP contribution in [0.2, 0.25) is 0 Å². The first-order valence-electron chi connectivity index (χ1n) is 6.88. The first-order valence-corrected chi connectivity index (χ1v) is 6.88. The van der Waals surface area contributed by atoms with Crippen molar-refractivity contribution in [3.63, 3.8) is 0 Å². The number of hydrogen-bond donors (Lipinski definition) is 1. The van der Waals surface area contributed by atoms with Gasteiger partial charge in [-0.15, -0.1) is 0 Å². The fourth-order valence-corrected chi connectivity index (χ4v) is 2.37. The Morgan fingerprint density at radius 3 is 2.84 bits per heavy atom. The number of hydrogen-bond acceptors (Lipinski definition) is 5. The molecule has 0 aromatic carbocycles. The van der Waals surface area contributed by atoms with E-state index in [2.05, 4.69) is 9.88 Å². The van der Waals surface area contributed by atoms with Gasteiger partial charge in [0.1, 0.15) is 0 Å². The molecule has 6 nitrogen and oxygen atoms in total. The summed E-state index contributed by atoms with van der Waals surface area (Å²) in [5.41, 5.74) is 5.42. The molecule has 0 spiro atoms. The van der Waals surface area contributed by atoms with Crippen molar-refractivity contribution >= 4 is 5.82 Å². The van der Waals surface area contributed by atoms with Gasteiger partial charge in [0.15, 0.2) is 5.82 Å². The van der Waals surface area contributed by atoms with Gasteiger partial charge in [-0.25, -0.2) is 4.98 Å². The van der Waals surface area contributed by atoms with Gasteiger partial charge in [0, 0.05) is 38.6 Å². The molecule has 6 heteroatoms. The Labute approximate surface area is 113 Å². The minimum atomic E-state index is -0.00803. The molecule has 2 N–H and O–H groups in total. The molecule has 0 radical (unpaired) electrons. The van der Waals surface area contributed by atoms with E-state index in [0.29, 0.717) is 25.5 Å². The summed E-state index contributed by atoms with van der Waals surface area (Å²) in [5, 5.41) is 0. The van der Waals surface area contributed by atoms with Crippen LogP contribution >= 0.6 is 0 Å². The molecule has 1 aromatic rings. The van der Waals surface area contributed by atoms with Crippen LogP contribution in [0.5, 0.6) is 0 Å². The predicted molar refractivity (Wildman–Crippen MR) is 74.4 cm³/mol. The molecular weight excluding hydrogens is 244 g/mol. The molecule has 1 aliphatic rings. The van der Waals surface area contributed by atoms with Gasteiger partial charge in [0.25, 0.3) is 5.56 Å². The van der Waals surface area contributed by atoms with Crippen LogP contribution in [0.15, 0.2) is 17.2 Å². The van der Waals surface area contributed by atoms with Gasteiger partial charge >= 0.3 is 0 Å². The average molecular weight is 266 g/mol. The van der Waals surface area contributed by atoms with E-state index in [1.807, 2.05) is 6.92 Å². The second-order valence-electron chi connectivity index (χ2n) is 4.69. The number of piperidine rings is 1. The van der Waals surface area contributed by atoms with Crippen LogP contribution in [-0.4, -0.2) is 41.9 Å². The Kier molecular flexibility index (Phi) is 4.93. The van der Waals surface area contributed by atoms with Crippen molar-refractivity contribution < 1.29 is 4.74 Å². The number of anilines is 1. The zero-order chi connectivity index (χ0) is 13.7. The lowest BCUT2D eigenvalue weighted by molar-refractivity contribution is 0.0420. The van der Waals surface area contributed by atoms with E-state index >= 15 is 0 Å². The molecule has 1 aromatic heterocycles. The van der Waals surface area contributed by atoms with Gasteiger partial charge in [-0.1, -0.05) is 0 Å². The maximum absolute atomic E-state index is 12.2. The SMILES string of the molecule is CCn1ccnc(N2CCC(OCCN)CC2)c1=O. The van der Waals surface area contributed by atoms with E-state index in [4.69, 9.17) is 10.5 Å². The largest absolute Gasteiger partial charge is 0.377 e. The van der Waals surface area contributed by atoms with Crippen molar-refractivity contribution in [2.45, 2.75) is 32.4 Å². The van der Waals surface area contributed by atoms with Crippen molar-refractivity contribution in [1.82, 2.24) is 9.55 Å². The summed E-state index contributed by atoms with van der Waals surface area (Å²) in [7, 11) is 0. The van der Waals surface area contributed by atoms with Crippen LogP contribution in [0, 0.1) is 0 Å². The van der Waals surface area contributed by atoms with Crippen LogP contribution < -0.4 is 16.2 Å². The van der Waals surface area contributed by atoms with E-state index in [1.165, 1.54) is 0 Å². The molecule has 0 saturated carbocycles.